The summed E-state index contributed by atoms with van der Waals surface area (Å²) in [7, 11) is 0. The number of nitrogens with zero attached hydrogens (tertiary/aromatic N) is 3. The molecule has 3 aromatic rings. The molecule has 0 aliphatic rings. The van der Waals surface area contributed by atoms with Crippen molar-refractivity contribution in [2.45, 2.75) is 13.0 Å². The van der Waals surface area contributed by atoms with Crippen LogP contribution in [0.3, 0.4) is 0 Å². The predicted octanol–water partition coefficient (Wildman–Crippen LogP) is 2.19. The highest BCUT2D eigenvalue weighted by molar-refractivity contribution is 5.87. The molecule has 1 atom stereocenters. The van der Waals surface area contributed by atoms with Crippen LogP contribution < -0.4 is 5.32 Å². The molecule has 0 bridgehead atoms. The van der Waals surface area contributed by atoms with E-state index in [4.69, 9.17) is 9.52 Å². The summed E-state index contributed by atoms with van der Waals surface area (Å²) in [6.07, 6.45) is 4.41. The lowest BCUT2D eigenvalue weighted by molar-refractivity contribution is 0.0687. The Hall–Kier alpha value is -2.83. The van der Waals surface area contributed by atoms with Crippen molar-refractivity contribution in [1.29, 1.82) is 0 Å². The molecule has 3 rings (SSSR count). The van der Waals surface area contributed by atoms with Crippen molar-refractivity contribution in [3.63, 3.8) is 0 Å². The number of fused-ring (bicyclic) bond motifs is 1. The van der Waals surface area contributed by atoms with Crippen LogP contribution in [0, 0.1) is 0 Å². The second-order valence-electron chi connectivity index (χ2n) is 4.31. The Morgan fingerprint density at radius 3 is 3.05 bits per heavy atom. The van der Waals surface area contributed by atoms with Gasteiger partial charge in [0.1, 0.15) is 11.3 Å². The second kappa shape index (κ2) is 4.69. The van der Waals surface area contributed by atoms with E-state index in [1.54, 1.807) is 12.3 Å². The zero-order chi connectivity index (χ0) is 14.1. The maximum atomic E-state index is 11.1. The van der Waals surface area contributed by atoms with Crippen LogP contribution in [0.1, 0.15) is 29.2 Å². The summed E-state index contributed by atoms with van der Waals surface area (Å²) in [5.74, 6) is 0.250. The summed E-state index contributed by atoms with van der Waals surface area (Å²) in [5, 5.41) is 16.3. The molecule has 0 saturated carbocycles. The normalized spacial score (nSPS) is 12.4. The number of aromatic carboxylic acids is 1. The lowest BCUT2D eigenvalue weighted by Crippen LogP contribution is -2.12. The maximum absolute atomic E-state index is 11.1. The van der Waals surface area contributed by atoms with Gasteiger partial charge in [-0.05, 0) is 25.1 Å². The van der Waals surface area contributed by atoms with E-state index >= 15 is 0 Å². The Kier molecular flexibility index (Phi) is 2.86. The van der Waals surface area contributed by atoms with Crippen LogP contribution >= 0.6 is 0 Å². The highest BCUT2D eigenvalue weighted by Crippen LogP contribution is 2.22. The first-order valence-electron chi connectivity index (χ1n) is 6.03. The minimum Gasteiger partial charge on any atom is -0.476 e. The summed E-state index contributed by atoms with van der Waals surface area (Å²) >= 11 is 0. The minimum absolute atomic E-state index is 0.0150. The van der Waals surface area contributed by atoms with Crippen molar-refractivity contribution >= 4 is 17.3 Å². The molecule has 7 nitrogen and oxygen atoms in total. The molecule has 0 aliphatic carbocycles. The van der Waals surface area contributed by atoms with Crippen LogP contribution in [-0.4, -0.2) is 25.7 Å². The van der Waals surface area contributed by atoms with E-state index in [-0.39, 0.29) is 11.7 Å². The van der Waals surface area contributed by atoms with Gasteiger partial charge in [-0.3, -0.25) is 0 Å². The smallest absolute Gasteiger partial charge is 0.356 e. The first-order chi connectivity index (χ1) is 9.66. The lowest BCUT2D eigenvalue weighted by Gasteiger charge is -2.13. The van der Waals surface area contributed by atoms with Gasteiger partial charge in [-0.25, -0.2) is 14.3 Å². The summed E-state index contributed by atoms with van der Waals surface area (Å²) in [5.41, 5.74) is 0.615. The van der Waals surface area contributed by atoms with Crippen molar-refractivity contribution in [3.05, 3.63) is 48.3 Å². The molecule has 7 heteroatoms. The zero-order valence-electron chi connectivity index (χ0n) is 10.6. The molecule has 2 N–H and O–H groups in total. The molecule has 3 heterocycles. The zero-order valence-corrected chi connectivity index (χ0v) is 10.6. The predicted molar refractivity (Wildman–Crippen MR) is 70.7 cm³/mol. The van der Waals surface area contributed by atoms with Gasteiger partial charge in [0.2, 0.25) is 0 Å². The highest BCUT2D eigenvalue weighted by Gasteiger charge is 2.15. The molecular weight excluding hydrogens is 260 g/mol. The lowest BCUT2D eigenvalue weighted by atomic mass is 10.2. The number of rotatable bonds is 4. The Morgan fingerprint density at radius 2 is 2.35 bits per heavy atom. The molecule has 3 aromatic heterocycles. The summed E-state index contributed by atoms with van der Waals surface area (Å²) in [6.45, 7) is 1.93. The van der Waals surface area contributed by atoms with Crippen LogP contribution in [0.5, 0.6) is 0 Å². The van der Waals surface area contributed by atoms with E-state index in [0.29, 0.717) is 11.3 Å². The number of carbonyl (C=O) groups is 1. The van der Waals surface area contributed by atoms with Gasteiger partial charge in [0.05, 0.1) is 24.7 Å². The third kappa shape index (κ3) is 1.99. The molecule has 0 unspecified atom stereocenters. The van der Waals surface area contributed by atoms with Gasteiger partial charge in [0, 0.05) is 0 Å². The molecule has 0 aromatic carbocycles. The molecule has 0 saturated heterocycles. The fraction of sp³-hybridized carbons (Fsp3) is 0.154. The SMILES string of the molecule is C[C@H](Nc1ncc(C(=O)O)n2nccc12)c1ccco1. The fourth-order valence-electron chi connectivity index (χ4n) is 1.99. The van der Waals surface area contributed by atoms with Crippen LogP contribution in [0.15, 0.2) is 41.3 Å². The topological polar surface area (TPSA) is 92.7 Å². The Morgan fingerprint density at radius 1 is 1.50 bits per heavy atom. The Labute approximate surface area is 113 Å². The van der Waals surface area contributed by atoms with Crippen molar-refractivity contribution in [2.24, 2.45) is 0 Å². The minimum atomic E-state index is -1.07. The monoisotopic (exact) mass is 272 g/mol. The van der Waals surface area contributed by atoms with Crippen molar-refractivity contribution in [3.8, 4) is 0 Å². The molecule has 0 fully saturated rings. The van der Waals surface area contributed by atoms with E-state index < -0.39 is 5.97 Å². The molecular formula is C13H12N4O3. The third-order valence-electron chi connectivity index (χ3n) is 2.97. The number of carboxylic acids is 1. The number of hydrogen-bond acceptors (Lipinski definition) is 5. The summed E-state index contributed by atoms with van der Waals surface area (Å²) in [4.78, 5) is 15.3. The first kappa shape index (κ1) is 12.2. The standard InChI is InChI=1S/C13H12N4O3/c1-8(11-3-2-6-20-11)16-12-9-4-5-15-17(9)10(7-14-12)13(18)19/h2-8H,1H3,(H,14,16)(H,18,19)/t8-/m0/s1. The van der Waals surface area contributed by atoms with Crippen molar-refractivity contribution in [2.75, 3.05) is 5.32 Å². The van der Waals surface area contributed by atoms with Gasteiger partial charge in [-0.15, -0.1) is 0 Å². The van der Waals surface area contributed by atoms with Gasteiger partial charge < -0.3 is 14.8 Å². The van der Waals surface area contributed by atoms with Gasteiger partial charge in [0.25, 0.3) is 0 Å². The number of hydrogen-bond donors (Lipinski definition) is 2. The average molecular weight is 272 g/mol. The van der Waals surface area contributed by atoms with E-state index in [2.05, 4.69) is 15.4 Å². The van der Waals surface area contributed by atoms with Gasteiger partial charge in [0.15, 0.2) is 11.5 Å². The largest absolute Gasteiger partial charge is 0.476 e. The summed E-state index contributed by atoms with van der Waals surface area (Å²) < 4.78 is 6.66. The quantitative estimate of drug-likeness (QED) is 0.756. The number of anilines is 1. The maximum Gasteiger partial charge on any atom is 0.356 e. The van der Waals surface area contributed by atoms with Crippen molar-refractivity contribution in [1.82, 2.24) is 14.6 Å². The third-order valence-corrected chi connectivity index (χ3v) is 2.97. The molecule has 0 aliphatic heterocycles. The molecule has 0 radical (unpaired) electrons. The van der Waals surface area contributed by atoms with E-state index in [9.17, 15) is 4.79 Å². The van der Waals surface area contributed by atoms with E-state index in [1.165, 1.54) is 16.9 Å². The molecule has 20 heavy (non-hydrogen) atoms. The van der Waals surface area contributed by atoms with Crippen LogP contribution in [0.2, 0.25) is 0 Å². The number of nitrogens with one attached hydrogen (secondary N) is 1. The fourth-order valence-corrected chi connectivity index (χ4v) is 1.99. The second-order valence-corrected chi connectivity index (χ2v) is 4.31. The van der Waals surface area contributed by atoms with Gasteiger partial charge >= 0.3 is 5.97 Å². The van der Waals surface area contributed by atoms with Gasteiger partial charge in [-0.2, -0.15) is 5.10 Å². The Balaban J connectivity index is 1.99. The number of furan rings is 1. The molecule has 0 amide bonds. The van der Waals surface area contributed by atoms with E-state index in [1.807, 2.05) is 19.1 Å². The Bertz CT molecular complexity index is 748. The summed E-state index contributed by atoms with van der Waals surface area (Å²) in [6, 6.07) is 5.28. The van der Waals surface area contributed by atoms with Crippen molar-refractivity contribution < 1.29 is 14.3 Å². The molecule has 102 valence electrons. The van der Waals surface area contributed by atoms with Crippen LogP contribution in [-0.2, 0) is 0 Å². The average Bonchev–Trinajstić information content (AvgIpc) is 3.10. The van der Waals surface area contributed by atoms with Crippen LogP contribution in [0.4, 0.5) is 5.82 Å². The van der Waals surface area contributed by atoms with E-state index in [0.717, 1.165) is 5.76 Å². The van der Waals surface area contributed by atoms with Gasteiger partial charge in [-0.1, -0.05) is 0 Å². The molecule has 0 spiro atoms. The number of aromatic nitrogens is 3. The first-order valence-corrected chi connectivity index (χ1v) is 6.03. The highest BCUT2D eigenvalue weighted by atomic mass is 16.4. The number of carboxylic acid groups (broad SMARTS) is 1. The van der Waals surface area contributed by atoms with Crippen LogP contribution in [0.25, 0.3) is 5.52 Å².